The number of carbonyl (C=O) groups is 2. The number of aryl methyl sites for hydroxylation is 1. The van der Waals surface area contributed by atoms with Crippen molar-refractivity contribution in [2.45, 2.75) is 130 Å². The van der Waals surface area contributed by atoms with Crippen LogP contribution >= 0.6 is 7.82 Å². The second-order valence-corrected chi connectivity index (χ2v) is 17.1. The molecule has 1 atom stereocenters. The molecule has 0 aliphatic heterocycles. The van der Waals surface area contributed by atoms with Crippen LogP contribution in [-0.4, -0.2) is 72.3 Å². The van der Waals surface area contributed by atoms with Crippen LogP contribution in [0.25, 0.3) is 0 Å². The summed E-state index contributed by atoms with van der Waals surface area (Å²) in [5.41, 5.74) is -0.442. The molecular formula is C39H62NO10P. The van der Waals surface area contributed by atoms with Gasteiger partial charge in [-0.25, -0.2) is 13.9 Å². The van der Waals surface area contributed by atoms with Crippen LogP contribution in [0.15, 0.2) is 48.5 Å². The zero-order valence-electron chi connectivity index (χ0n) is 32.3. The molecule has 2 rings (SSSR count). The van der Waals surface area contributed by atoms with E-state index in [2.05, 4.69) is 24.3 Å². The second kappa shape index (κ2) is 21.0. The number of ether oxygens (including phenoxy) is 3. The van der Waals surface area contributed by atoms with Crippen LogP contribution in [0.4, 0.5) is 4.79 Å². The van der Waals surface area contributed by atoms with Gasteiger partial charge in [0.05, 0.1) is 29.4 Å². The molecule has 288 valence electrons. The number of aldehydes is 1. The summed E-state index contributed by atoms with van der Waals surface area (Å²) >= 11 is 0. The highest BCUT2D eigenvalue weighted by Crippen LogP contribution is 2.55. The first-order valence-corrected chi connectivity index (χ1v) is 19.4. The molecular weight excluding hydrogens is 673 g/mol. The molecule has 2 aromatic carbocycles. The molecule has 1 N–H and O–H groups in total. The van der Waals surface area contributed by atoms with Crippen molar-refractivity contribution in [3.8, 4) is 5.75 Å². The van der Waals surface area contributed by atoms with Gasteiger partial charge in [0.2, 0.25) is 0 Å². The largest absolute Gasteiger partial charge is 0.478 e. The van der Waals surface area contributed by atoms with Crippen LogP contribution < -0.4 is 4.74 Å². The molecule has 0 bridgehead atoms. The van der Waals surface area contributed by atoms with E-state index in [-0.39, 0.29) is 17.9 Å². The quantitative estimate of drug-likeness (QED) is 0.0540. The number of amides is 1. The topological polar surface area (TPSA) is 130 Å². The molecule has 0 aliphatic rings. The maximum Gasteiger partial charge on any atom is 0.478 e. The van der Waals surface area contributed by atoms with Gasteiger partial charge in [0.15, 0.2) is 13.1 Å². The monoisotopic (exact) mass is 735 g/mol. The number of hydrogen-bond acceptors (Lipinski definition) is 10. The normalized spacial score (nSPS) is 13.1. The van der Waals surface area contributed by atoms with E-state index in [0.717, 1.165) is 51.6 Å². The summed E-state index contributed by atoms with van der Waals surface area (Å²) in [6, 6.07) is 15.1. The molecule has 0 radical (unpaired) electrons. The Labute approximate surface area is 305 Å². The summed E-state index contributed by atoms with van der Waals surface area (Å²) in [6.07, 6.45) is 5.69. The number of aliphatic hydroxyl groups excluding tert-OH is 1. The Morgan fingerprint density at radius 1 is 0.824 bits per heavy atom. The first kappa shape index (κ1) is 44.4. The van der Waals surface area contributed by atoms with Crippen molar-refractivity contribution in [2.75, 3.05) is 33.1 Å². The average Bonchev–Trinajstić information content (AvgIpc) is 3.00. The van der Waals surface area contributed by atoms with Gasteiger partial charge >= 0.3 is 13.9 Å². The molecule has 0 saturated heterocycles. The first-order valence-electron chi connectivity index (χ1n) is 17.9. The van der Waals surface area contributed by atoms with Crippen molar-refractivity contribution in [2.24, 2.45) is 0 Å². The first-order chi connectivity index (χ1) is 23.8. The molecule has 0 fully saturated rings. The van der Waals surface area contributed by atoms with Gasteiger partial charge in [-0.15, -0.1) is 0 Å². The highest BCUT2D eigenvalue weighted by molar-refractivity contribution is 7.48. The zero-order valence-corrected chi connectivity index (χ0v) is 33.2. The third-order valence-corrected chi connectivity index (χ3v) is 9.07. The number of phosphoric acid groups is 1. The van der Waals surface area contributed by atoms with Gasteiger partial charge in [-0.1, -0.05) is 49.2 Å². The van der Waals surface area contributed by atoms with E-state index >= 15 is 0 Å². The van der Waals surface area contributed by atoms with E-state index < -0.39 is 43.6 Å². The fourth-order valence-corrected chi connectivity index (χ4v) is 6.60. The number of unbranched alkanes of at least 4 members (excludes halogenated alkanes) is 4. The third kappa shape index (κ3) is 19.6. The van der Waals surface area contributed by atoms with Gasteiger partial charge in [-0.05, 0) is 118 Å². The lowest BCUT2D eigenvalue weighted by atomic mass is 10.0. The van der Waals surface area contributed by atoms with Gasteiger partial charge in [-0.3, -0.25) is 13.8 Å². The predicted molar refractivity (Wildman–Crippen MR) is 199 cm³/mol. The molecule has 0 spiro atoms. The van der Waals surface area contributed by atoms with Crippen molar-refractivity contribution >= 4 is 20.2 Å². The number of phosphoric ester groups is 1. The van der Waals surface area contributed by atoms with Crippen molar-refractivity contribution < 1.29 is 47.0 Å². The summed E-state index contributed by atoms with van der Waals surface area (Å²) < 4.78 is 47.0. The Kier molecular flexibility index (Phi) is 18.3. The summed E-state index contributed by atoms with van der Waals surface area (Å²) in [4.78, 5) is 26.6. The second-order valence-electron chi connectivity index (χ2n) is 15.6. The van der Waals surface area contributed by atoms with E-state index in [1.54, 1.807) is 68.4 Å². The van der Waals surface area contributed by atoms with E-state index in [1.165, 1.54) is 22.6 Å². The number of hydrogen-bond donors (Lipinski definition) is 1. The molecule has 1 unspecified atom stereocenters. The minimum Gasteiger partial charge on any atom is -0.466 e. The van der Waals surface area contributed by atoms with Gasteiger partial charge in [-0.2, -0.15) is 0 Å². The number of nitrogens with zero attached hydrogens (tertiary/aromatic N) is 1. The van der Waals surface area contributed by atoms with Crippen LogP contribution in [0, 0.1) is 0 Å². The molecule has 2 aromatic rings. The fourth-order valence-electron chi connectivity index (χ4n) is 4.93. The summed E-state index contributed by atoms with van der Waals surface area (Å²) in [5.74, 6) is 0.152. The lowest BCUT2D eigenvalue weighted by molar-refractivity contribution is -0.0190. The molecule has 0 saturated carbocycles. The maximum atomic E-state index is 13.3. The number of carbonyl (C=O) groups excluding carboxylic acids is 2. The van der Waals surface area contributed by atoms with Gasteiger partial charge in [0.25, 0.3) is 0 Å². The Bertz CT molecular complexity index is 1340. The van der Waals surface area contributed by atoms with Crippen LogP contribution in [0.1, 0.15) is 128 Å². The number of benzene rings is 2. The van der Waals surface area contributed by atoms with E-state index in [9.17, 15) is 19.3 Å². The maximum absolute atomic E-state index is 13.3. The molecule has 0 aliphatic carbocycles. The third-order valence-electron chi connectivity index (χ3n) is 7.10. The van der Waals surface area contributed by atoms with E-state index in [0.29, 0.717) is 25.0 Å². The Morgan fingerprint density at radius 3 is 2.02 bits per heavy atom. The minimum absolute atomic E-state index is 0.0277. The van der Waals surface area contributed by atoms with Crippen molar-refractivity contribution in [1.29, 1.82) is 0 Å². The van der Waals surface area contributed by atoms with Gasteiger partial charge in [0.1, 0.15) is 11.4 Å². The molecule has 0 aromatic heterocycles. The van der Waals surface area contributed by atoms with Crippen molar-refractivity contribution in [3.05, 3.63) is 65.2 Å². The highest BCUT2D eigenvalue weighted by atomic mass is 31.2. The van der Waals surface area contributed by atoms with Crippen LogP contribution in [0.3, 0.4) is 0 Å². The number of rotatable bonds is 22. The molecule has 0 heterocycles. The standard InChI is InChI=1S/C39H62NO10P/c1-37(2,3)48-36(43)40(24-16-10-11-17-25-45-26-18-15-21-31-19-13-12-14-20-31)28-34(42)32-22-23-35(33(27-32)29-41)46-30-47-51(44,49-38(4,5)6)50-39(7,8)9/h12-14,19-20,22-23,27,29,34,42H,10-11,15-18,21,24-26,28,30H2,1-9H3. The zero-order chi connectivity index (χ0) is 38.1. The average molecular weight is 736 g/mol. The highest BCUT2D eigenvalue weighted by Gasteiger charge is 2.37. The Balaban J connectivity index is 1.90. The fraction of sp³-hybridized carbons (Fsp3) is 0.641. The van der Waals surface area contributed by atoms with Gasteiger partial charge < -0.3 is 24.2 Å². The van der Waals surface area contributed by atoms with E-state index in [1.807, 2.05) is 6.07 Å². The molecule has 11 nitrogen and oxygen atoms in total. The summed E-state index contributed by atoms with van der Waals surface area (Å²) in [7, 11) is -4.03. The predicted octanol–water partition coefficient (Wildman–Crippen LogP) is 9.46. The van der Waals surface area contributed by atoms with Gasteiger partial charge in [0, 0.05) is 19.8 Å². The van der Waals surface area contributed by atoms with Crippen molar-refractivity contribution in [1.82, 2.24) is 4.90 Å². The van der Waals surface area contributed by atoms with Crippen LogP contribution in [-0.2, 0) is 34.0 Å². The lowest BCUT2D eigenvalue weighted by Gasteiger charge is -2.30. The Morgan fingerprint density at radius 2 is 1.43 bits per heavy atom. The molecule has 1 amide bonds. The summed E-state index contributed by atoms with van der Waals surface area (Å²) in [6.45, 7) is 17.0. The minimum atomic E-state index is -4.03. The SMILES string of the molecule is CC(C)(C)OC(=O)N(CCCCCCOCCCCc1ccccc1)CC(O)c1ccc(OCOP(=O)(OC(C)(C)C)OC(C)(C)C)c(C=O)c1. The lowest BCUT2D eigenvalue weighted by Crippen LogP contribution is -2.39. The van der Waals surface area contributed by atoms with E-state index in [4.69, 9.17) is 27.8 Å². The van der Waals surface area contributed by atoms with Crippen LogP contribution in [0.5, 0.6) is 5.75 Å². The van der Waals surface area contributed by atoms with Crippen molar-refractivity contribution in [3.63, 3.8) is 0 Å². The van der Waals surface area contributed by atoms with Crippen LogP contribution in [0.2, 0.25) is 0 Å². The number of aliphatic hydroxyl groups is 1. The smallest absolute Gasteiger partial charge is 0.466 e. The Hall–Kier alpha value is -2.79. The summed E-state index contributed by atoms with van der Waals surface area (Å²) in [5, 5.41) is 11.2. The molecule has 51 heavy (non-hydrogen) atoms. The molecule has 12 heteroatoms.